The zero-order chi connectivity index (χ0) is 14.9. The summed E-state index contributed by atoms with van der Waals surface area (Å²) in [6, 6.07) is 0. The van der Waals surface area contributed by atoms with E-state index in [1.165, 1.54) is 19.3 Å². The van der Waals surface area contributed by atoms with Gasteiger partial charge in [0.05, 0.1) is 0 Å². The molecular weight excluding hydrogens is 248 g/mol. The molecule has 0 aromatic rings. The SMILES string of the molecule is CCCC=CC=CC/C=C\CCCCCCCC(=O)O. The molecule has 0 aromatic heterocycles. The van der Waals surface area contributed by atoms with E-state index in [4.69, 9.17) is 5.11 Å². The molecule has 0 aliphatic rings. The molecule has 0 unspecified atom stereocenters. The number of rotatable bonds is 13. The van der Waals surface area contributed by atoms with Crippen LogP contribution in [-0.4, -0.2) is 11.1 Å². The second-order valence-corrected chi connectivity index (χ2v) is 5.05. The van der Waals surface area contributed by atoms with Crippen molar-refractivity contribution in [2.45, 2.75) is 71.1 Å². The van der Waals surface area contributed by atoms with Gasteiger partial charge in [0, 0.05) is 6.42 Å². The van der Waals surface area contributed by atoms with E-state index in [0.29, 0.717) is 6.42 Å². The van der Waals surface area contributed by atoms with Crippen LogP contribution in [0.4, 0.5) is 0 Å². The Morgan fingerprint density at radius 3 is 2.30 bits per heavy atom. The van der Waals surface area contributed by atoms with Crippen molar-refractivity contribution in [2.24, 2.45) is 0 Å². The van der Waals surface area contributed by atoms with Gasteiger partial charge in [-0.05, 0) is 32.1 Å². The maximum Gasteiger partial charge on any atom is 0.303 e. The van der Waals surface area contributed by atoms with Crippen LogP contribution in [0.15, 0.2) is 36.5 Å². The van der Waals surface area contributed by atoms with Crippen molar-refractivity contribution in [2.75, 3.05) is 0 Å². The van der Waals surface area contributed by atoms with E-state index < -0.39 is 5.97 Å². The lowest BCUT2D eigenvalue weighted by Crippen LogP contribution is -1.93. The number of carboxylic acid groups (broad SMARTS) is 1. The summed E-state index contributed by atoms with van der Waals surface area (Å²) in [5.41, 5.74) is 0. The third kappa shape index (κ3) is 16.7. The van der Waals surface area contributed by atoms with E-state index >= 15 is 0 Å². The summed E-state index contributed by atoms with van der Waals surface area (Å²) in [6.45, 7) is 2.18. The van der Waals surface area contributed by atoms with Crippen molar-refractivity contribution in [3.8, 4) is 0 Å². The Morgan fingerprint density at radius 2 is 1.55 bits per heavy atom. The zero-order valence-electron chi connectivity index (χ0n) is 12.9. The first-order valence-corrected chi connectivity index (χ1v) is 7.95. The molecule has 20 heavy (non-hydrogen) atoms. The van der Waals surface area contributed by atoms with Gasteiger partial charge in [-0.3, -0.25) is 4.79 Å². The number of aliphatic carboxylic acids is 1. The monoisotopic (exact) mass is 278 g/mol. The van der Waals surface area contributed by atoms with E-state index in [1.54, 1.807) is 0 Å². The molecular formula is C18H30O2. The summed E-state index contributed by atoms with van der Waals surface area (Å²) in [4.78, 5) is 10.3. The fourth-order valence-corrected chi connectivity index (χ4v) is 1.86. The topological polar surface area (TPSA) is 37.3 Å². The maximum atomic E-state index is 10.3. The summed E-state index contributed by atoms with van der Waals surface area (Å²) in [7, 11) is 0. The third-order valence-electron chi connectivity index (χ3n) is 3.04. The van der Waals surface area contributed by atoms with Gasteiger partial charge < -0.3 is 5.11 Å². The van der Waals surface area contributed by atoms with Crippen LogP contribution in [0.1, 0.15) is 71.1 Å². The summed E-state index contributed by atoms with van der Waals surface area (Å²) in [5, 5.41) is 8.50. The lowest BCUT2D eigenvalue weighted by Gasteiger charge is -1.98. The van der Waals surface area contributed by atoms with Gasteiger partial charge in [0.25, 0.3) is 0 Å². The Morgan fingerprint density at radius 1 is 0.850 bits per heavy atom. The van der Waals surface area contributed by atoms with Gasteiger partial charge in [-0.2, -0.15) is 0 Å². The quantitative estimate of drug-likeness (QED) is 0.268. The lowest BCUT2D eigenvalue weighted by atomic mass is 10.1. The molecule has 0 aromatic carbocycles. The molecule has 0 rings (SSSR count). The van der Waals surface area contributed by atoms with Crippen LogP contribution in [-0.2, 0) is 4.79 Å². The van der Waals surface area contributed by atoms with Crippen molar-refractivity contribution in [1.82, 2.24) is 0 Å². The van der Waals surface area contributed by atoms with Gasteiger partial charge in [-0.15, -0.1) is 0 Å². The van der Waals surface area contributed by atoms with Crippen LogP contribution in [0.5, 0.6) is 0 Å². The first-order chi connectivity index (χ1) is 9.77. The van der Waals surface area contributed by atoms with E-state index in [0.717, 1.165) is 38.5 Å². The van der Waals surface area contributed by atoms with E-state index in [9.17, 15) is 4.79 Å². The van der Waals surface area contributed by atoms with Gasteiger partial charge in [0.2, 0.25) is 0 Å². The molecule has 2 heteroatoms. The number of unbranched alkanes of at least 4 members (excludes halogenated alkanes) is 6. The number of carbonyl (C=O) groups is 1. The minimum Gasteiger partial charge on any atom is -0.481 e. The second-order valence-electron chi connectivity index (χ2n) is 5.05. The molecule has 0 amide bonds. The molecule has 0 saturated carbocycles. The third-order valence-corrected chi connectivity index (χ3v) is 3.04. The Balaban J connectivity index is 3.25. The number of hydrogen-bond acceptors (Lipinski definition) is 1. The van der Waals surface area contributed by atoms with E-state index in [2.05, 4.69) is 43.4 Å². The van der Waals surface area contributed by atoms with E-state index in [1.807, 2.05) is 0 Å². The van der Waals surface area contributed by atoms with Crippen molar-refractivity contribution >= 4 is 5.97 Å². The van der Waals surface area contributed by atoms with Crippen molar-refractivity contribution in [3.05, 3.63) is 36.5 Å². The second kappa shape index (κ2) is 15.7. The first-order valence-electron chi connectivity index (χ1n) is 7.95. The molecule has 0 aliphatic heterocycles. The highest BCUT2D eigenvalue weighted by Crippen LogP contribution is 2.07. The average Bonchev–Trinajstić information content (AvgIpc) is 2.43. The maximum absolute atomic E-state index is 10.3. The van der Waals surface area contributed by atoms with Crippen LogP contribution in [0, 0.1) is 0 Å². The molecule has 0 atom stereocenters. The first kappa shape index (κ1) is 18.7. The molecule has 0 saturated heterocycles. The van der Waals surface area contributed by atoms with Crippen molar-refractivity contribution in [1.29, 1.82) is 0 Å². The Labute approximate surface area is 124 Å². The van der Waals surface area contributed by atoms with Crippen LogP contribution in [0.3, 0.4) is 0 Å². The van der Waals surface area contributed by atoms with Crippen molar-refractivity contribution in [3.63, 3.8) is 0 Å². The molecule has 0 aliphatic carbocycles. The predicted octanol–water partition coefficient (Wildman–Crippen LogP) is 5.66. The fourth-order valence-electron chi connectivity index (χ4n) is 1.86. The zero-order valence-corrected chi connectivity index (χ0v) is 12.9. The Bertz CT molecular complexity index is 301. The van der Waals surface area contributed by atoms with Crippen molar-refractivity contribution < 1.29 is 9.90 Å². The van der Waals surface area contributed by atoms with Crippen LogP contribution in [0.2, 0.25) is 0 Å². The number of allylic oxidation sites excluding steroid dienone is 6. The lowest BCUT2D eigenvalue weighted by molar-refractivity contribution is -0.137. The molecule has 0 radical (unpaired) electrons. The van der Waals surface area contributed by atoms with Gasteiger partial charge in [0.15, 0.2) is 0 Å². The summed E-state index contributed by atoms with van der Waals surface area (Å²) < 4.78 is 0. The molecule has 1 N–H and O–H groups in total. The van der Waals surface area contributed by atoms with Gasteiger partial charge >= 0.3 is 5.97 Å². The fraction of sp³-hybridized carbons (Fsp3) is 0.611. The summed E-state index contributed by atoms with van der Waals surface area (Å²) in [6.07, 6.45) is 23.3. The highest BCUT2D eigenvalue weighted by molar-refractivity contribution is 5.66. The highest BCUT2D eigenvalue weighted by atomic mass is 16.4. The average molecular weight is 278 g/mol. The van der Waals surface area contributed by atoms with Crippen LogP contribution in [0.25, 0.3) is 0 Å². The van der Waals surface area contributed by atoms with Gasteiger partial charge in [0.1, 0.15) is 0 Å². The summed E-state index contributed by atoms with van der Waals surface area (Å²) >= 11 is 0. The Kier molecular flexibility index (Phi) is 14.7. The van der Waals surface area contributed by atoms with Crippen LogP contribution >= 0.6 is 0 Å². The minimum absolute atomic E-state index is 0.318. The van der Waals surface area contributed by atoms with Gasteiger partial charge in [-0.25, -0.2) is 0 Å². The molecule has 0 bridgehead atoms. The molecule has 2 nitrogen and oxygen atoms in total. The normalized spacial score (nSPS) is 12.1. The Hall–Kier alpha value is -1.31. The predicted molar refractivity (Wildman–Crippen MR) is 86.9 cm³/mol. The molecule has 114 valence electrons. The largest absolute Gasteiger partial charge is 0.481 e. The molecule has 0 heterocycles. The number of carboxylic acids is 1. The molecule has 0 fully saturated rings. The number of hydrogen-bond donors (Lipinski definition) is 1. The standard InChI is InChI=1S/C18H30O2/c1-2-3-4-5-6-7-8-9-10-11-12-13-14-15-16-17-18(19)20/h4-7,9-10H,2-3,8,11-17H2,1H3,(H,19,20)/b5-4?,7-6?,10-9-. The minimum atomic E-state index is -0.675. The van der Waals surface area contributed by atoms with Crippen LogP contribution < -0.4 is 0 Å². The smallest absolute Gasteiger partial charge is 0.303 e. The van der Waals surface area contributed by atoms with E-state index in [-0.39, 0.29) is 0 Å². The molecule has 0 spiro atoms. The van der Waals surface area contributed by atoms with Gasteiger partial charge in [-0.1, -0.05) is 69.1 Å². The summed E-state index contributed by atoms with van der Waals surface area (Å²) in [5.74, 6) is -0.675. The highest BCUT2D eigenvalue weighted by Gasteiger charge is 1.95.